The van der Waals surface area contributed by atoms with E-state index in [-0.39, 0.29) is 12.5 Å². The van der Waals surface area contributed by atoms with E-state index in [0.717, 1.165) is 29.8 Å². The predicted molar refractivity (Wildman–Crippen MR) is 78.5 cm³/mol. The minimum atomic E-state index is -0.229. The van der Waals surface area contributed by atoms with Crippen molar-refractivity contribution in [1.82, 2.24) is 4.90 Å². The fourth-order valence-corrected chi connectivity index (χ4v) is 2.10. The molecule has 0 saturated carbocycles. The van der Waals surface area contributed by atoms with E-state index in [1.807, 2.05) is 23.1 Å². The number of carbonyl (C=O) groups excluding carboxylic acids is 1. The fraction of sp³-hybridized carbons (Fsp3) is 0.533. The predicted octanol–water partition coefficient (Wildman–Crippen LogP) is 1.54. The Labute approximate surface area is 120 Å². The van der Waals surface area contributed by atoms with Gasteiger partial charge in [-0.25, -0.2) is 0 Å². The number of benzene rings is 1. The van der Waals surface area contributed by atoms with Gasteiger partial charge in [-0.3, -0.25) is 9.69 Å². The van der Waals surface area contributed by atoms with E-state index in [9.17, 15) is 4.79 Å². The van der Waals surface area contributed by atoms with Crippen molar-refractivity contribution >= 4 is 5.97 Å². The normalized spacial score (nSPS) is 10.7. The molecule has 0 amide bonds. The summed E-state index contributed by atoms with van der Waals surface area (Å²) in [6.07, 6.45) is 0.968. The number of carbonyl (C=O) groups is 1. The van der Waals surface area contributed by atoms with Crippen LogP contribution in [0.4, 0.5) is 0 Å². The molecule has 5 heteroatoms. The van der Waals surface area contributed by atoms with E-state index >= 15 is 0 Å². The summed E-state index contributed by atoms with van der Waals surface area (Å²) in [6.45, 7) is 4.31. The van der Waals surface area contributed by atoms with Gasteiger partial charge in [0.1, 0.15) is 5.75 Å². The number of hydrogen-bond acceptors (Lipinski definition) is 5. The number of hydrogen-bond donors (Lipinski definition) is 1. The van der Waals surface area contributed by atoms with Crippen molar-refractivity contribution in [1.29, 1.82) is 0 Å². The van der Waals surface area contributed by atoms with Crippen LogP contribution in [0.3, 0.4) is 0 Å². The monoisotopic (exact) mass is 280 g/mol. The highest BCUT2D eigenvalue weighted by Crippen LogP contribution is 2.21. The minimum absolute atomic E-state index is 0.229. The van der Waals surface area contributed by atoms with Gasteiger partial charge in [0.15, 0.2) is 0 Å². The third kappa shape index (κ3) is 4.83. The molecule has 112 valence electrons. The summed E-state index contributed by atoms with van der Waals surface area (Å²) in [5.74, 6) is 0.584. The molecule has 0 radical (unpaired) electrons. The van der Waals surface area contributed by atoms with Gasteiger partial charge in [-0.15, -0.1) is 0 Å². The molecule has 20 heavy (non-hydrogen) atoms. The maximum atomic E-state index is 11.4. The summed E-state index contributed by atoms with van der Waals surface area (Å²) in [5.41, 5.74) is 7.76. The Morgan fingerprint density at radius 3 is 2.65 bits per heavy atom. The highest BCUT2D eigenvalue weighted by Gasteiger charge is 2.13. The van der Waals surface area contributed by atoms with Gasteiger partial charge in [-0.05, 0) is 30.7 Å². The van der Waals surface area contributed by atoms with Crippen molar-refractivity contribution in [3.8, 4) is 5.75 Å². The van der Waals surface area contributed by atoms with E-state index in [1.54, 1.807) is 7.11 Å². The first-order valence-electron chi connectivity index (χ1n) is 6.79. The third-order valence-electron chi connectivity index (χ3n) is 3.09. The maximum Gasteiger partial charge on any atom is 0.319 e. The van der Waals surface area contributed by atoms with Gasteiger partial charge >= 0.3 is 5.97 Å². The first kappa shape index (κ1) is 16.5. The molecular formula is C15H24N2O3. The first-order valence-corrected chi connectivity index (χ1v) is 6.79. The Hall–Kier alpha value is -1.59. The van der Waals surface area contributed by atoms with Crippen molar-refractivity contribution in [3.05, 3.63) is 29.3 Å². The zero-order chi connectivity index (χ0) is 15.0. The summed E-state index contributed by atoms with van der Waals surface area (Å²) < 4.78 is 10.1. The number of nitrogens with two attached hydrogens (primary N) is 1. The van der Waals surface area contributed by atoms with Crippen molar-refractivity contribution in [3.63, 3.8) is 0 Å². The van der Waals surface area contributed by atoms with Crippen LogP contribution < -0.4 is 10.5 Å². The molecular weight excluding hydrogens is 256 g/mol. The highest BCUT2D eigenvalue weighted by molar-refractivity contribution is 5.71. The molecule has 0 aliphatic rings. The molecule has 0 aliphatic heterocycles. The Morgan fingerprint density at radius 1 is 1.35 bits per heavy atom. The van der Waals surface area contributed by atoms with Crippen LogP contribution in [0.1, 0.15) is 24.5 Å². The van der Waals surface area contributed by atoms with Crippen LogP contribution >= 0.6 is 0 Å². The average molecular weight is 280 g/mol. The van der Waals surface area contributed by atoms with Crippen molar-refractivity contribution < 1.29 is 14.3 Å². The van der Waals surface area contributed by atoms with Gasteiger partial charge in [-0.2, -0.15) is 0 Å². The SMILES string of the molecule is CCCN(CC(=O)OC)Cc1cc(CN)ccc1OC. The molecule has 1 aromatic rings. The lowest BCUT2D eigenvalue weighted by Gasteiger charge is -2.22. The van der Waals surface area contributed by atoms with Gasteiger partial charge in [0.25, 0.3) is 0 Å². The molecule has 2 N–H and O–H groups in total. The lowest BCUT2D eigenvalue weighted by atomic mass is 10.1. The molecule has 0 aromatic heterocycles. The molecule has 1 aromatic carbocycles. The van der Waals surface area contributed by atoms with Gasteiger partial charge in [0, 0.05) is 18.7 Å². The van der Waals surface area contributed by atoms with Crippen molar-refractivity contribution in [2.45, 2.75) is 26.4 Å². The molecule has 0 saturated heterocycles. The standard InChI is InChI=1S/C15H24N2O3/c1-4-7-17(11-15(18)20-3)10-13-8-12(9-16)5-6-14(13)19-2/h5-6,8H,4,7,9-11,16H2,1-3H3. The minimum Gasteiger partial charge on any atom is -0.496 e. The zero-order valence-electron chi connectivity index (χ0n) is 12.5. The highest BCUT2D eigenvalue weighted by atomic mass is 16.5. The van der Waals surface area contributed by atoms with Crippen LogP contribution in [-0.4, -0.2) is 38.2 Å². The zero-order valence-corrected chi connectivity index (χ0v) is 12.5. The molecule has 1 rings (SSSR count). The summed E-state index contributed by atoms with van der Waals surface area (Å²) >= 11 is 0. The van der Waals surface area contributed by atoms with E-state index in [4.69, 9.17) is 15.2 Å². The second-order valence-corrected chi connectivity index (χ2v) is 4.64. The molecule has 0 fully saturated rings. The van der Waals surface area contributed by atoms with Crippen molar-refractivity contribution in [2.75, 3.05) is 27.3 Å². The number of rotatable bonds is 8. The van der Waals surface area contributed by atoms with E-state index < -0.39 is 0 Å². The molecule has 0 spiro atoms. The molecule has 5 nitrogen and oxygen atoms in total. The van der Waals surface area contributed by atoms with E-state index in [1.165, 1.54) is 7.11 Å². The van der Waals surface area contributed by atoms with Crippen molar-refractivity contribution in [2.24, 2.45) is 5.73 Å². The number of ether oxygens (including phenoxy) is 2. The third-order valence-corrected chi connectivity index (χ3v) is 3.09. The Morgan fingerprint density at radius 2 is 2.10 bits per heavy atom. The number of esters is 1. The average Bonchev–Trinajstić information content (AvgIpc) is 2.47. The molecule has 0 unspecified atom stereocenters. The second-order valence-electron chi connectivity index (χ2n) is 4.64. The summed E-state index contributed by atoms with van der Waals surface area (Å²) in [5, 5.41) is 0. The first-order chi connectivity index (χ1) is 9.64. The van der Waals surface area contributed by atoms with Crippen LogP contribution in [0.25, 0.3) is 0 Å². The second kappa shape index (κ2) is 8.55. The van der Waals surface area contributed by atoms with Gasteiger partial charge < -0.3 is 15.2 Å². The van der Waals surface area contributed by atoms with Gasteiger partial charge in [-0.1, -0.05) is 13.0 Å². The largest absolute Gasteiger partial charge is 0.496 e. The maximum absolute atomic E-state index is 11.4. The lowest BCUT2D eigenvalue weighted by Crippen LogP contribution is -2.31. The number of nitrogens with zero attached hydrogens (tertiary/aromatic N) is 1. The molecule has 0 heterocycles. The van der Waals surface area contributed by atoms with E-state index in [2.05, 4.69) is 6.92 Å². The quantitative estimate of drug-likeness (QED) is 0.732. The van der Waals surface area contributed by atoms with E-state index in [0.29, 0.717) is 13.1 Å². The summed E-state index contributed by atoms with van der Waals surface area (Å²) in [6, 6.07) is 5.89. The summed E-state index contributed by atoms with van der Waals surface area (Å²) in [4.78, 5) is 13.5. The van der Waals surface area contributed by atoms with Crippen LogP contribution in [0, 0.1) is 0 Å². The fourth-order valence-electron chi connectivity index (χ4n) is 2.10. The summed E-state index contributed by atoms with van der Waals surface area (Å²) in [7, 11) is 3.05. The molecule has 0 aliphatic carbocycles. The Balaban J connectivity index is 2.87. The molecule has 0 atom stereocenters. The van der Waals surface area contributed by atoms with Gasteiger partial charge in [0.05, 0.1) is 20.8 Å². The molecule has 0 bridgehead atoms. The van der Waals surface area contributed by atoms with Crippen LogP contribution in [0.2, 0.25) is 0 Å². The Kier molecular flexibility index (Phi) is 7.04. The Bertz CT molecular complexity index is 435. The van der Waals surface area contributed by atoms with Crippen LogP contribution in [-0.2, 0) is 22.6 Å². The lowest BCUT2D eigenvalue weighted by molar-refractivity contribution is -0.142. The van der Waals surface area contributed by atoms with Gasteiger partial charge in [0.2, 0.25) is 0 Å². The smallest absolute Gasteiger partial charge is 0.319 e. The van der Waals surface area contributed by atoms with Crippen LogP contribution in [0.15, 0.2) is 18.2 Å². The topological polar surface area (TPSA) is 64.8 Å². The number of methoxy groups -OCH3 is 2. The van der Waals surface area contributed by atoms with Crippen LogP contribution in [0.5, 0.6) is 5.75 Å².